The van der Waals surface area contributed by atoms with Crippen molar-refractivity contribution in [3.05, 3.63) is 164 Å². The predicted molar refractivity (Wildman–Crippen MR) is 217 cm³/mol. The largest absolute Gasteiger partial charge is 0.455 e. The monoisotopic (exact) mass is 677 g/mol. The number of aromatic nitrogens is 3. The Morgan fingerprint density at radius 2 is 1.06 bits per heavy atom. The van der Waals surface area contributed by atoms with Crippen LogP contribution in [0.1, 0.15) is 0 Å². The minimum absolute atomic E-state index is 0.637. The smallest absolute Gasteiger partial charge is 0.180 e. The highest BCUT2D eigenvalue weighted by atomic mass is 16.3. The molecule has 0 N–H and O–H groups in total. The van der Waals surface area contributed by atoms with Gasteiger partial charge in [-0.3, -0.25) is 0 Å². The second kappa shape index (κ2) is 10.6. The molecule has 0 radical (unpaired) electrons. The topological polar surface area (TPSA) is 57.0 Å². The van der Waals surface area contributed by atoms with E-state index in [4.69, 9.17) is 18.8 Å². The van der Waals surface area contributed by atoms with E-state index < -0.39 is 0 Å². The Hall–Kier alpha value is -7.24. The SMILES string of the molecule is c1ccc2cc(-c3nc(-c4cc5c6cc(-n7c8ccccc8c8ccccc87)ccc6oc5c5ccccc45)nc4c3oc3ccccc34)ccc2c1. The van der Waals surface area contributed by atoms with Crippen molar-refractivity contribution in [3.63, 3.8) is 0 Å². The summed E-state index contributed by atoms with van der Waals surface area (Å²) in [6.45, 7) is 0. The van der Waals surface area contributed by atoms with E-state index in [1.807, 2.05) is 18.2 Å². The van der Waals surface area contributed by atoms with Crippen molar-refractivity contribution < 1.29 is 8.83 Å². The van der Waals surface area contributed by atoms with Gasteiger partial charge in [-0.15, -0.1) is 0 Å². The van der Waals surface area contributed by atoms with Gasteiger partial charge in [-0.25, -0.2) is 9.97 Å². The molecular formula is C48H27N3O2. The molecule has 0 aliphatic rings. The summed E-state index contributed by atoms with van der Waals surface area (Å²) in [5, 5.41) is 9.84. The maximum absolute atomic E-state index is 6.69. The molecule has 246 valence electrons. The molecule has 4 heterocycles. The molecule has 0 amide bonds. The van der Waals surface area contributed by atoms with Crippen LogP contribution in [0.4, 0.5) is 0 Å². The Morgan fingerprint density at radius 1 is 0.415 bits per heavy atom. The first-order chi connectivity index (χ1) is 26.3. The summed E-state index contributed by atoms with van der Waals surface area (Å²) in [5.74, 6) is 0.637. The zero-order valence-corrected chi connectivity index (χ0v) is 28.2. The summed E-state index contributed by atoms with van der Waals surface area (Å²) in [4.78, 5) is 10.6. The minimum atomic E-state index is 0.637. The molecule has 0 unspecified atom stereocenters. The summed E-state index contributed by atoms with van der Waals surface area (Å²) < 4.78 is 15.5. The lowest BCUT2D eigenvalue weighted by atomic mass is 9.99. The molecule has 8 aromatic carbocycles. The molecule has 0 aliphatic carbocycles. The highest BCUT2D eigenvalue weighted by Crippen LogP contribution is 2.43. The van der Waals surface area contributed by atoms with Crippen LogP contribution < -0.4 is 0 Å². The lowest BCUT2D eigenvalue weighted by Crippen LogP contribution is -1.95. The average molecular weight is 678 g/mol. The van der Waals surface area contributed by atoms with Gasteiger partial charge < -0.3 is 13.4 Å². The number of furan rings is 2. The number of rotatable bonds is 3. The van der Waals surface area contributed by atoms with E-state index >= 15 is 0 Å². The van der Waals surface area contributed by atoms with E-state index in [1.165, 1.54) is 27.2 Å². The Labute approximate surface area is 302 Å². The van der Waals surface area contributed by atoms with E-state index in [0.29, 0.717) is 11.4 Å². The molecule has 0 bridgehead atoms. The number of para-hydroxylation sites is 3. The maximum atomic E-state index is 6.69. The first-order valence-corrected chi connectivity index (χ1v) is 17.8. The quantitative estimate of drug-likeness (QED) is 0.187. The Bertz CT molecular complexity index is 3420. The van der Waals surface area contributed by atoms with Crippen LogP contribution in [0.5, 0.6) is 0 Å². The molecule has 0 saturated heterocycles. The van der Waals surface area contributed by atoms with E-state index in [-0.39, 0.29) is 0 Å². The molecular weight excluding hydrogens is 651 g/mol. The normalized spacial score (nSPS) is 12.2. The third-order valence-electron chi connectivity index (χ3n) is 10.8. The highest BCUT2D eigenvalue weighted by molar-refractivity contribution is 6.20. The van der Waals surface area contributed by atoms with Crippen molar-refractivity contribution in [2.24, 2.45) is 0 Å². The van der Waals surface area contributed by atoms with Crippen LogP contribution in [0, 0.1) is 0 Å². The summed E-state index contributed by atoms with van der Waals surface area (Å²) in [6.07, 6.45) is 0. The number of fused-ring (bicyclic) bond motifs is 12. The van der Waals surface area contributed by atoms with Gasteiger partial charge in [0.05, 0.1) is 11.0 Å². The Kier molecular flexibility index (Phi) is 5.71. The predicted octanol–water partition coefficient (Wildman–Crippen LogP) is 13.0. The van der Waals surface area contributed by atoms with E-state index in [2.05, 4.69) is 150 Å². The summed E-state index contributed by atoms with van der Waals surface area (Å²) in [6, 6.07) is 57.3. The first kappa shape index (κ1) is 28.5. The zero-order chi connectivity index (χ0) is 34.6. The molecule has 4 aromatic heterocycles. The second-order valence-corrected chi connectivity index (χ2v) is 13.7. The van der Waals surface area contributed by atoms with Crippen molar-refractivity contribution in [2.45, 2.75) is 0 Å². The van der Waals surface area contributed by atoms with Gasteiger partial charge in [0.15, 0.2) is 11.4 Å². The van der Waals surface area contributed by atoms with Gasteiger partial charge in [-0.2, -0.15) is 0 Å². The molecule has 0 aliphatic heterocycles. The van der Waals surface area contributed by atoms with E-state index in [1.54, 1.807) is 0 Å². The summed E-state index contributed by atoms with van der Waals surface area (Å²) >= 11 is 0. The third-order valence-corrected chi connectivity index (χ3v) is 10.8. The first-order valence-electron chi connectivity index (χ1n) is 17.8. The van der Waals surface area contributed by atoms with Gasteiger partial charge in [0.25, 0.3) is 0 Å². The average Bonchev–Trinajstić information content (AvgIpc) is 3.89. The summed E-state index contributed by atoms with van der Waals surface area (Å²) in [5.41, 5.74) is 10.0. The van der Waals surface area contributed by atoms with Crippen LogP contribution in [-0.2, 0) is 0 Å². The molecule has 53 heavy (non-hydrogen) atoms. The number of hydrogen-bond donors (Lipinski definition) is 0. The zero-order valence-electron chi connectivity index (χ0n) is 28.2. The van der Waals surface area contributed by atoms with Crippen LogP contribution in [0.15, 0.2) is 173 Å². The number of hydrogen-bond acceptors (Lipinski definition) is 4. The Balaban J connectivity index is 1.15. The van der Waals surface area contributed by atoms with Crippen molar-refractivity contribution in [3.8, 4) is 28.3 Å². The van der Waals surface area contributed by atoms with Crippen molar-refractivity contribution in [1.29, 1.82) is 0 Å². The molecule has 5 nitrogen and oxygen atoms in total. The van der Waals surface area contributed by atoms with Gasteiger partial charge in [0.2, 0.25) is 0 Å². The van der Waals surface area contributed by atoms with Crippen LogP contribution in [0.3, 0.4) is 0 Å². The molecule has 12 rings (SSSR count). The Morgan fingerprint density at radius 3 is 1.87 bits per heavy atom. The highest BCUT2D eigenvalue weighted by Gasteiger charge is 2.22. The minimum Gasteiger partial charge on any atom is -0.455 e. The fourth-order valence-corrected chi connectivity index (χ4v) is 8.35. The molecule has 0 fully saturated rings. The molecule has 0 spiro atoms. The third kappa shape index (κ3) is 4.07. The van der Waals surface area contributed by atoms with Crippen molar-refractivity contribution in [1.82, 2.24) is 14.5 Å². The van der Waals surface area contributed by atoms with Crippen molar-refractivity contribution in [2.75, 3.05) is 0 Å². The van der Waals surface area contributed by atoms with Gasteiger partial charge in [-0.05, 0) is 70.8 Å². The van der Waals surface area contributed by atoms with Gasteiger partial charge in [0.1, 0.15) is 28.0 Å². The number of nitrogens with zero attached hydrogens (tertiary/aromatic N) is 3. The maximum Gasteiger partial charge on any atom is 0.180 e. The van der Waals surface area contributed by atoms with Gasteiger partial charge in [0, 0.05) is 49.1 Å². The van der Waals surface area contributed by atoms with E-state index in [0.717, 1.165) is 77.1 Å². The molecule has 0 saturated carbocycles. The summed E-state index contributed by atoms with van der Waals surface area (Å²) in [7, 11) is 0. The lowest BCUT2D eigenvalue weighted by Gasteiger charge is -2.10. The molecule has 5 heteroatoms. The van der Waals surface area contributed by atoms with Gasteiger partial charge >= 0.3 is 0 Å². The fourth-order valence-electron chi connectivity index (χ4n) is 8.35. The molecule has 0 atom stereocenters. The number of benzene rings is 8. The van der Waals surface area contributed by atoms with Crippen LogP contribution >= 0.6 is 0 Å². The van der Waals surface area contributed by atoms with Crippen LogP contribution in [-0.4, -0.2) is 14.5 Å². The van der Waals surface area contributed by atoms with Gasteiger partial charge in [-0.1, -0.05) is 109 Å². The molecule has 12 aromatic rings. The van der Waals surface area contributed by atoms with Crippen molar-refractivity contribution >= 4 is 87.4 Å². The van der Waals surface area contributed by atoms with Crippen LogP contribution in [0.25, 0.3) is 116 Å². The second-order valence-electron chi connectivity index (χ2n) is 13.7. The van der Waals surface area contributed by atoms with E-state index in [9.17, 15) is 0 Å². The van der Waals surface area contributed by atoms with Crippen LogP contribution in [0.2, 0.25) is 0 Å². The standard InChI is InChI=1S/C48H27N3O2/c1-2-12-29-25-30(22-21-28(29)11-1)44-47-45(36-17-7-10-20-42(36)53-47)50-48(49-44)39-27-38-37-26-31(23-24-43(37)52-46(38)35-16-4-3-13-32(35)39)51-40-18-8-5-14-33(40)34-15-6-9-19-41(34)51/h1-27H. The fraction of sp³-hybridized carbons (Fsp3) is 0. The lowest BCUT2D eigenvalue weighted by molar-refractivity contribution is 0.667.